The maximum Gasteiger partial charge on any atom is 0.252 e. The van der Waals surface area contributed by atoms with Crippen LogP contribution >= 0.6 is 0 Å². The van der Waals surface area contributed by atoms with E-state index in [-0.39, 0.29) is 23.7 Å². The van der Waals surface area contributed by atoms with E-state index in [1.807, 2.05) is 31.2 Å². The molecule has 3 rings (SSSR count). The van der Waals surface area contributed by atoms with Gasteiger partial charge in [-0.2, -0.15) is 0 Å². The minimum absolute atomic E-state index is 0.0669. The van der Waals surface area contributed by atoms with Gasteiger partial charge in [0.15, 0.2) is 0 Å². The summed E-state index contributed by atoms with van der Waals surface area (Å²) >= 11 is 0. The molecule has 1 unspecified atom stereocenters. The van der Waals surface area contributed by atoms with E-state index in [0.717, 1.165) is 23.7 Å². The van der Waals surface area contributed by atoms with Gasteiger partial charge in [-0.25, -0.2) is 13.4 Å². The molecule has 1 saturated carbocycles. The first-order valence-corrected chi connectivity index (χ1v) is 10.5. The molecule has 1 aliphatic carbocycles. The lowest BCUT2D eigenvalue weighted by Gasteiger charge is -2.16. The number of carbonyl (C=O) groups is 1. The summed E-state index contributed by atoms with van der Waals surface area (Å²) in [5.41, 5.74) is 1.33. The van der Waals surface area contributed by atoms with E-state index in [0.29, 0.717) is 17.8 Å². The van der Waals surface area contributed by atoms with Crippen LogP contribution in [0.5, 0.6) is 0 Å². The van der Waals surface area contributed by atoms with Gasteiger partial charge in [0, 0.05) is 23.7 Å². The summed E-state index contributed by atoms with van der Waals surface area (Å²) in [5.74, 6) is 0.609. The number of carbonyl (C=O) groups excluding carboxylic acids is 1. The minimum atomic E-state index is -3.00. The first-order chi connectivity index (χ1) is 11.8. The van der Waals surface area contributed by atoms with Crippen molar-refractivity contribution in [1.29, 1.82) is 0 Å². The quantitative estimate of drug-likeness (QED) is 0.790. The van der Waals surface area contributed by atoms with Gasteiger partial charge >= 0.3 is 0 Å². The molecule has 134 valence electrons. The molecule has 1 amide bonds. The SMILES string of the molecule is CC(CCS(C)(=O)=O)Nc1cc(C(=O)NC2CC2)c2ccccc2n1. The zero-order valence-electron chi connectivity index (χ0n) is 14.5. The van der Waals surface area contributed by atoms with Crippen molar-refractivity contribution in [2.24, 2.45) is 0 Å². The van der Waals surface area contributed by atoms with E-state index in [1.165, 1.54) is 6.26 Å². The normalized spacial score (nSPS) is 15.8. The Bertz CT molecular complexity index is 892. The molecule has 0 bridgehead atoms. The van der Waals surface area contributed by atoms with Crippen LogP contribution in [0.4, 0.5) is 5.82 Å². The van der Waals surface area contributed by atoms with Crippen LogP contribution in [0.1, 0.15) is 36.5 Å². The number of hydrogen-bond acceptors (Lipinski definition) is 5. The number of fused-ring (bicyclic) bond motifs is 1. The number of pyridine rings is 1. The van der Waals surface area contributed by atoms with Crippen LogP contribution in [0.3, 0.4) is 0 Å². The Morgan fingerprint density at radius 3 is 2.72 bits per heavy atom. The van der Waals surface area contributed by atoms with E-state index < -0.39 is 9.84 Å². The van der Waals surface area contributed by atoms with Gasteiger partial charge in [-0.05, 0) is 38.3 Å². The van der Waals surface area contributed by atoms with Gasteiger partial charge < -0.3 is 10.6 Å². The van der Waals surface area contributed by atoms with E-state index in [4.69, 9.17) is 0 Å². The molecule has 2 N–H and O–H groups in total. The van der Waals surface area contributed by atoms with E-state index in [2.05, 4.69) is 15.6 Å². The van der Waals surface area contributed by atoms with Gasteiger partial charge in [0.05, 0.1) is 16.8 Å². The molecule has 0 saturated heterocycles. The zero-order valence-corrected chi connectivity index (χ0v) is 15.3. The highest BCUT2D eigenvalue weighted by Gasteiger charge is 2.25. The Morgan fingerprint density at radius 1 is 1.32 bits per heavy atom. The van der Waals surface area contributed by atoms with Crippen LogP contribution in [0.25, 0.3) is 10.9 Å². The average molecular weight is 361 g/mol. The highest BCUT2D eigenvalue weighted by molar-refractivity contribution is 7.90. The predicted octanol–water partition coefficient (Wildman–Crippen LogP) is 2.36. The Kier molecular flexibility index (Phi) is 4.94. The van der Waals surface area contributed by atoms with Crippen LogP contribution in [0.2, 0.25) is 0 Å². The third-order valence-electron chi connectivity index (χ3n) is 4.19. The van der Waals surface area contributed by atoms with Crippen molar-refractivity contribution in [1.82, 2.24) is 10.3 Å². The number of anilines is 1. The molecule has 1 aromatic carbocycles. The Morgan fingerprint density at radius 2 is 2.04 bits per heavy atom. The van der Waals surface area contributed by atoms with Crippen molar-refractivity contribution in [3.05, 3.63) is 35.9 Å². The lowest BCUT2D eigenvalue weighted by molar-refractivity contribution is 0.0952. The van der Waals surface area contributed by atoms with Crippen LogP contribution in [0, 0.1) is 0 Å². The molecular formula is C18H23N3O3S. The molecule has 0 aliphatic heterocycles. The van der Waals surface area contributed by atoms with Gasteiger partial charge in [-0.3, -0.25) is 4.79 Å². The molecule has 2 aromatic rings. The number of amides is 1. The van der Waals surface area contributed by atoms with Gasteiger partial charge in [0.1, 0.15) is 15.7 Å². The summed E-state index contributed by atoms with van der Waals surface area (Å²) in [6.45, 7) is 1.91. The lowest BCUT2D eigenvalue weighted by atomic mass is 10.1. The lowest BCUT2D eigenvalue weighted by Crippen LogP contribution is -2.26. The standard InChI is InChI=1S/C18H23N3O3S/c1-12(9-10-25(2,23)24)19-17-11-15(18(22)20-13-7-8-13)14-5-3-4-6-16(14)21-17/h3-6,11-13H,7-10H2,1-2H3,(H,19,21)(H,20,22). The molecule has 0 radical (unpaired) electrons. The van der Waals surface area contributed by atoms with E-state index in [1.54, 1.807) is 6.07 Å². The maximum atomic E-state index is 12.6. The number of nitrogens with zero attached hydrogens (tertiary/aromatic N) is 1. The summed E-state index contributed by atoms with van der Waals surface area (Å²) < 4.78 is 22.6. The molecule has 1 heterocycles. The molecule has 25 heavy (non-hydrogen) atoms. The minimum Gasteiger partial charge on any atom is -0.368 e. The third kappa shape index (κ3) is 4.92. The molecule has 1 atom stereocenters. The molecule has 7 heteroatoms. The molecular weight excluding hydrogens is 338 g/mol. The van der Waals surface area contributed by atoms with Crippen molar-refractivity contribution >= 4 is 32.5 Å². The van der Waals surface area contributed by atoms with E-state index in [9.17, 15) is 13.2 Å². The fourth-order valence-electron chi connectivity index (χ4n) is 2.64. The maximum absolute atomic E-state index is 12.6. The number of sulfone groups is 1. The van der Waals surface area contributed by atoms with E-state index >= 15 is 0 Å². The summed E-state index contributed by atoms with van der Waals surface area (Å²) in [6.07, 6.45) is 3.77. The smallest absolute Gasteiger partial charge is 0.252 e. The summed E-state index contributed by atoms with van der Waals surface area (Å²) in [6, 6.07) is 9.49. The van der Waals surface area contributed by atoms with Crippen LogP contribution in [-0.4, -0.2) is 43.4 Å². The fourth-order valence-corrected chi connectivity index (χ4v) is 3.43. The second kappa shape index (κ2) is 7.00. The first kappa shape index (κ1) is 17.7. The largest absolute Gasteiger partial charge is 0.368 e. The number of para-hydroxylation sites is 1. The number of benzene rings is 1. The van der Waals surface area contributed by atoms with Crippen molar-refractivity contribution in [2.45, 2.75) is 38.3 Å². The Labute approximate surface area is 147 Å². The summed E-state index contributed by atoms with van der Waals surface area (Å²) in [5, 5.41) is 7.04. The monoisotopic (exact) mass is 361 g/mol. The second-order valence-electron chi connectivity index (χ2n) is 6.78. The molecule has 1 fully saturated rings. The van der Waals surface area contributed by atoms with Crippen molar-refractivity contribution in [2.75, 3.05) is 17.3 Å². The number of aromatic nitrogens is 1. The fraction of sp³-hybridized carbons (Fsp3) is 0.444. The Balaban J connectivity index is 1.84. The highest BCUT2D eigenvalue weighted by Crippen LogP contribution is 2.24. The van der Waals surface area contributed by atoms with Gasteiger partial charge in [0.25, 0.3) is 5.91 Å². The van der Waals surface area contributed by atoms with Gasteiger partial charge in [-0.1, -0.05) is 18.2 Å². The van der Waals surface area contributed by atoms with Crippen LogP contribution in [-0.2, 0) is 9.84 Å². The highest BCUT2D eigenvalue weighted by atomic mass is 32.2. The molecule has 0 spiro atoms. The van der Waals surface area contributed by atoms with Crippen molar-refractivity contribution in [3.63, 3.8) is 0 Å². The van der Waals surface area contributed by atoms with Crippen LogP contribution in [0.15, 0.2) is 30.3 Å². The summed E-state index contributed by atoms with van der Waals surface area (Å²) in [7, 11) is -3.00. The van der Waals surface area contributed by atoms with Gasteiger partial charge in [-0.15, -0.1) is 0 Å². The van der Waals surface area contributed by atoms with Crippen LogP contribution < -0.4 is 10.6 Å². The van der Waals surface area contributed by atoms with Crippen molar-refractivity contribution in [3.8, 4) is 0 Å². The third-order valence-corrected chi connectivity index (χ3v) is 5.17. The predicted molar refractivity (Wildman–Crippen MR) is 99.6 cm³/mol. The number of hydrogen-bond donors (Lipinski definition) is 2. The van der Waals surface area contributed by atoms with Crippen molar-refractivity contribution < 1.29 is 13.2 Å². The number of nitrogens with one attached hydrogen (secondary N) is 2. The number of rotatable bonds is 7. The van der Waals surface area contributed by atoms with Gasteiger partial charge in [0.2, 0.25) is 0 Å². The summed E-state index contributed by atoms with van der Waals surface area (Å²) in [4.78, 5) is 17.1. The Hall–Kier alpha value is -2.15. The molecule has 1 aliphatic rings. The topological polar surface area (TPSA) is 88.2 Å². The molecule has 6 nitrogen and oxygen atoms in total. The first-order valence-electron chi connectivity index (χ1n) is 8.47. The second-order valence-corrected chi connectivity index (χ2v) is 9.04. The zero-order chi connectivity index (χ0) is 18.0. The molecule has 1 aromatic heterocycles. The average Bonchev–Trinajstić information content (AvgIpc) is 3.35.